The van der Waals surface area contributed by atoms with E-state index in [-0.39, 0.29) is 23.0 Å². The van der Waals surface area contributed by atoms with E-state index in [1.54, 1.807) is 0 Å². The summed E-state index contributed by atoms with van der Waals surface area (Å²) in [6.07, 6.45) is 6.81. The largest absolute Gasteiger partial charge is 0.478 e. The van der Waals surface area contributed by atoms with E-state index < -0.39 is 5.97 Å². The second-order valence-electron chi connectivity index (χ2n) is 5.30. The molecule has 1 aromatic rings. The van der Waals surface area contributed by atoms with Crippen LogP contribution in [0.2, 0.25) is 0 Å². The molecule has 0 unspecified atom stereocenters. The molecule has 96 valence electrons. The molecule has 1 N–H and O–H groups in total. The first-order chi connectivity index (χ1) is 8.72. The summed E-state index contributed by atoms with van der Waals surface area (Å²) in [5, 5.41) is 9.33. The fraction of sp³-hybridized carbons (Fsp3) is 0.571. The van der Waals surface area contributed by atoms with E-state index in [0.717, 1.165) is 38.5 Å². The van der Waals surface area contributed by atoms with Gasteiger partial charge in [0.1, 0.15) is 17.1 Å². The van der Waals surface area contributed by atoms with Crippen LogP contribution in [0.3, 0.4) is 0 Å². The van der Waals surface area contributed by atoms with Crippen molar-refractivity contribution in [3.05, 3.63) is 22.6 Å². The minimum absolute atomic E-state index is 0.124. The Balaban J connectivity index is 2.10. The van der Waals surface area contributed by atoms with Gasteiger partial charge in [-0.3, -0.25) is 4.79 Å². The van der Waals surface area contributed by atoms with Gasteiger partial charge in [-0.2, -0.15) is 0 Å². The maximum absolute atomic E-state index is 11.4. The standard InChI is InChI=1S/C14H16O4/c15-7-10-11(14(16)17)13(8-3-1-2-4-8)18-12(10)9-5-6-9/h7-9H,1-6H2,(H,16,17). The van der Waals surface area contributed by atoms with Crippen molar-refractivity contribution in [2.45, 2.75) is 50.4 Å². The molecule has 1 heterocycles. The van der Waals surface area contributed by atoms with Crippen LogP contribution in [-0.4, -0.2) is 17.4 Å². The van der Waals surface area contributed by atoms with Crippen molar-refractivity contribution in [1.29, 1.82) is 0 Å². The zero-order valence-electron chi connectivity index (χ0n) is 10.1. The van der Waals surface area contributed by atoms with Crippen LogP contribution in [0, 0.1) is 0 Å². The lowest BCUT2D eigenvalue weighted by Gasteiger charge is -2.06. The van der Waals surface area contributed by atoms with Gasteiger partial charge in [-0.15, -0.1) is 0 Å². The number of carbonyl (C=O) groups excluding carboxylic acids is 1. The van der Waals surface area contributed by atoms with Crippen molar-refractivity contribution in [1.82, 2.24) is 0 Å². The lowest BCUT2D eigenvalue weighted by Crippen LogP contribution is -2.05. The van der Waals surface area contributed by atoms with Gasteiger partial charge >= 0.3 is 5.97 Å². The lowest BCUT2D eigenvalue weighted by molar-refractivity contribution is 0.0691. The van der Waals surface area contributed by atoms with E-state index >= 15 is 0 Å². The van der Waals surface area contributed by atoms with Gasteiger partial charge in [0.15, 0.2) is 6.29 Å². The van der Waals surface area contributed by atoms with Crippen LogP contribution in [0.25, 0.3) is 0 Å². The SMILES string of the molecule is O=Cc1c(C2CC2)oc(C2CCCC2)c1C(=O)O. The molecule has 0 bridgehead atoms. The summed E-state index contributed by atoms with van der Waals surface area (Å²) in [5.74, 6) is 0.573. The Morgan fingerprint density at radius 1 is 1.11 bits per heavy atom. The number of rotatable bonds is 4. The van der Waals surface area contributed by atoms with Crippen LogP contribution in [0.15, 0.2) is 4.42 Å². The maximum Gasteiger partial charge on any atom is 0.340 e. The van der Waals surface area contributed by atoms with Gasteiger partial charge in [-0.05, 0) is 25.7 Å². The third-order valence-electron chi connectivity index (χ3n) is 4.01. The van der Waals surface area contributed by atoms with Gasteiger partial charge in [-0.1, -0.05) is 12.8 Å². The summed E-state index contributed by atoms with van der Waals surface area (Å²) < 4.78 is 5.79. The fourth-order valence-corrected chi connectivity index (χ4v) is 2.94. The lowest BCUT2D eigenvalue weighted by atomic mass is 9.98. The molecule has 0 saturated heterocycles. The Morgan fingerprint density at radius 2 is 1.72 bits per heavy atom. The summed E-state index contributed by atoms with van der Waals surface area (Å²) in [5.41, 5.74) is 0.408. The molecule has 18 heavy (non-hydrogen) atoms. The highest BCUT2D eigenvalue weighted by molar-refractivity contribution is 5.99. The molecule has 0 radical (unpaired) electrons. The minimum atomic E-state index is -1.03. The summed E-state index contributed by atoms with van der Waals surface area (Å²) in [6, 6.07) is 0. The molecule has 3 rings (SSSR count). The molecule has 4 heteroatoms. The van der Waals surface area contributed by atoms with E-state index in [1.807, 2.05) is 0 Å². The maximum atomic E-state index is 11.4. The third-order valence-corrected chi connectivity index (χ3v) is 4.01. The van der Waals surface area contributed by atoms with Gasteiger partial charge in [0.2, 0.25) is 0 Å². The second-order valence-corrected chi connectivity index (χ2v) is 5.30. The summed E-state index contributed by atoms with van der Waals surface area (Å²) >= 11 is 0. The number of carboxylic acid groups (broad SMARTS) is 1. The van der Waals surface area contributed by atoms with Gasteiger partial charge in [0.05, 0.1) is 5.56 Å². The first-order valence-corrected chi connectivity index (χ1v) is 6.57. The number of hydrogen-bond acceptors (Lipinski definition) is 3. The summed E-state index contributed by atoms with van der Waals surface area (Å²) in [4.78, 5) is 22.6. The van der Waals surface area contributed by atoms with Crippen molar-refractivity contribution >= 4 is 12.3 Å². The summed E-state index contributed by atoms with van der Waals surface area (Å²) in [7, 11) is 0. The fourth-order valence-electron chi connectivity index (χ4n) is 2.94. The van der Waals surface area contributed by atoms with Crippen LogP contribution in [-0.2, 0) is 0 Å². The predicted molar refractivity (Wildman–Crippen MR) is 64.2 cm³/mol. The quantitative estimate of drug-likeness (QED) is 0.830. The highest BCUT2D eigenvalue weighted by Crippen LogP contribution is 2.46. The van der Waals surface area contributed by atoms with Crippen LogP contribution in [0.4, 0.5) is 0 Å². The Hall–Kier alpha value is -1.58. The van der Waals surface area contributed by atoms with E-state index in [9.17, 15) is 14.7 Å². The monoisotopic (exact) mass is 248 g/mol. The molecule has 2 aliphatic carbocycles. The molecule has 2 saturated carbocycles. The van der Waals surface area contributed by atoms with Crippen molar-refractivity contribution in [3.8, 4) is 0 Å². The zero-order chi connectivity index (χ0) is 12.7. The summed E-state index contributed by atoms with van der Waals surface area (Å²) in [6.45, 7) is 0. The number of aromatic carboxylic acids is 1. The van der Waals surface area contributed by atoms with Gasteiger partial charge < -0.3 is 9.52 Å². The molecule has 0 atom stereocenters. The smallest absolute Gasteiger partial charge is 0.340 e. The number of hydrogen-bond donors (Lipinski definition) is 1. The van der Waals surface area contributed by atoms with Crippen molar-refractivity contribution in [2.75, 3.05) is 0 Å². The number of aldehydes is 1. The number of carbonyl (C=O) groups is 2. The molecule has 0 aromatic carbocycles. The Labute approximate surface area is 105 Å². The first kappa shape index (κ1) is 11.5. The Kier molecular flexibility index (Phi) is 2.73. The van der Waals surface area contributed by atoms with Crippen LogP contribution in [0.1, 0.15) is 82.6 Å². The topological polar surface area (TPSA) is 67.5 Å². The predicted octanol–water partition coefficient (Wildman–Crippen LogP) is 3.33. The first-order valence-electron chi connectivity index (χ1n) is 6.57. The van der Waals surface area contributed by atoms with Gasteiger partial charge in [0, 0.05) is 11.8 Å². The normalized spacial score (nSPS) is 20.2. The van der Waals surface area contributed by atoms with E-state index in [4.69, 9.17) is 4.42 Å². The van der Waals surface area contributed by atoms with Crippen molar-refractivity contribution in [3.63, 3.8) is 0 Å². The molecule has 0 spiro atoms. The average Bonchev–Trinajstić information content (AvgIpc) is 2.93. The van der Waals surface area contributed by atoms with E-state index in [2.05, 4.69) is 0 Å². The van der Waals surface area contributed by atoms with E-state index in [0.29, 0.717) is 17.8 Å². The third kappa shape index (κ3) is 1.76. The van der Waals surface area contributed by atoms with Crippen molar-refractivity contribution in [2.24, 2.45) is 0 Å². The van der Waals surface area contributed by atoms with Crippen LogP contribution in [0.5, 0.6) is 0 Å². The highest BCUT2D eigenvalue weighted by Gasteiger charge is 2.37. The van der Waals surface area contributed by atoms with Crippen LogP contribution < -0.4 is 0 Å². The highest BCUT2D eigenvalue weighted by atomic mass is 16.4. The van der Waals surface area contributed by atoms with Crippen LogP contribution >= 0.6 is 0 Å². The van der Waals surface area contributed by atoms with Gasteiger partial charge in [0.25, 0.3) is 0 Å². The average molecular weight is 248 g/mol. The number of carboxylic acids is 1. The molecule has 2 fully saturated rings. The molecular weight excluding hydrogens is 232 g/mol. The molecule has 2 aliphatic rings. The molecule has 4 nitrogen and oxygen atoms in total. The Morgan fingerprint density at radius 3 is 2.22 bits per heavy atom. The van der Waals surface area contributed by atoms with E-state index in [1.165, 1.54) is 0 Å². The molecular formula is C14H16O4. The minimum Gasteiger partial charge on any atom is -0.478 e. The zero-order valence-corrected chi connectivity index (χ0v) is 10.1. The second kappa shape index (κ2) is 4.26. The molecule has 0 aliphatic heterocycles. The molecule has 0 amide bonds. The number of furan rings is 1. The Bertz CT molecular complexity index is 490. The van der Waals surface area contributed by atoms with Gasteiger partial charge in [-0.25, -0.2) is 4.79 Å². The van der Waals surface area contributed by atoms with Crippen molar-refractivity contribution < 1.29 is 19.1 Å². The molecule has 1 aromatic heterocycles.